The van der Waals surface area contributed by atoms with Crippen LogP contribution in [0.2, 0.25) is 0 Å². The number of rotatable bonds is 8. The summed E-state index contributed by atoms with van der Waals surface area (Å²) < 4.78 is 12.3. The smallest absolute Gasteiger partial charge is 0.0700 e. The van der Waals surface area contributed by atoms with Crippen LogP contribution in [0.3, 0.4) is 0 Å². The van der Waals surface area contributed by atoms with Gasteiger partial charge >= 0.3 is 0 Å². The molecule has 1 aromatic heterocycles. The molecule has 98 valence electrons. The van der Waals surface area contributed by atoms with Gasteiger partial charge in [0.25, 0.3) is 0 Å². The zero-order chi connectivity index (χ0) is 12.7. The van der Waals surface area contributed by atoms with Crippen LogP contribution in [-0.2, 0) is 9.47 Å². The molecule has 0 spiro atoms. The molecule has 5 heteroatoms. The first-order valence-corrected chi connectivity index (χ1v) is 6.02. The Morgan fingerprint density at radius 2 is 2.12 bits per heavy atom. The van der Waals surface area contributed by atoms with Crippen molar-refractivity contribution >= 4 is 0 Å². The van der Waals surface area contributed by atoms with E-state index >= 15 is 0 Å². The molecule has 5 nitrogen and oxygen atoms in total. The summed E-state index contributed by atoms with van der Waals surface area (Å²) in [5.41, 5.74) is 7.19. The average Bonchev–Trinajstić information content (AvgIpc) is 2.77. The maximum Gasteiger partial charge on any atom is 0.0700 e. The van der Waals surface area contributed by atoms with Gasteiger partial charge in [0.05, 0.1) is 18.9 Å². The number of hydrogen-bond acceptors (Lipinski definition) is 4. The largest absolute Gasteiger partial charge is 0.382 e. The third-order valence-corrected chi connectivity index (χ3v) is 2.57. The van der Waals surface area contributed by atoms with E-state index in [-0.39, 0.29) is 6.04 Å². The molecule has 0 saturated carbocycles. The summed E-state index contributed by atoms with van der Waals surface area (Å²) in [6.07, 6.45) is 2.59. The van der Waals surface area contributed by atoms with Crippen molar-refractivity contribution < 1.29 is 9.47 Å². The summed E-state index contributed by atoms with van der Waals surface area (Å²) >= 11 is 0. The van der Waals surface area contributed by atoms with E-state index in [1.54, 1.807) is 13.3 Å². The van der Waals surface area contributed by atoms with E-state index in [9.17, 15) is 0 Å². The fourth-order valence-corrected chi connectivity index (χ4v) is 1.65. The van der Waals surface area contributed by atoms with Crippen molar-refractivity contribution in [1.29, 1.82) is 0 Å². The molecule has 17 heavy (non-hydrogen) atoms. The number of ether oxygens (including phenoxy) is 2. The zero-order valence-corrected chi connectivity index (χ0v) is 10.9. The molecule has 0 radical (unpaired) electrons. The Morgan fingerprint density at radius 1 is 1.35 bits per heavy atom. The van der Waals surface area contributed by atoms with Gasteiger partial charge in [0.1, 0.15) is 0 Å². The first-order chi connectivity index (χ1) is 8.16. The Labute approximate surface area is 103 Å². The summed E-state index contributed by atoms with van der Waals surface area (Å²) in [5.74, 6) is 0. The molecule has 0 fully saturated rings. The molecule has 1 aromatic rings. The molecule has 0 amide bonds. The van der Waals surface area contributed by atoms with Crippen LogP contribution in [0, 0.1) is 0 Å². The van der Waals surface area contributed by atoms with Gasteiger partial charge in [0.2, 0.25) is 0 Å². The van der Waals surface area contributed by atoms with Crippen LogP contribution < -0.4 is 5.73 Å². The molecule has 0 aliphatic carbocycles. The maximum atomic E-state index is 6.12. The maximum absolute atomic E-state index is 6.12. The first-order valence-electron chi connectivity index (χ1n) is 6.02. The number of nitrogens with two attached hydrogens (primary N) is 1. The molecule has 0 bridgehead atoms. The fraction of sp³-hybridized carbons (Fsp3) is 0.750. The highest BCUT2D eigenvalue weighted by Crippen LogP contribution is 2.17. The van der Waals surface area contributed by atoms with Gasteiger partial charge in [-0.3, -0.25) is 4.68 Å². The van der Waals surface area contributed by atoms with E-state index < -0.39 is 0 Å². The van der Waals surface area contributed by atoms with E-state index in [4.69, 9.17) is 15.2 Å². The van der Waals surface area contributed by atoms with Crippen molar-refractivity contribution in [3.63, 3.8) is 0 Å². The van der Waals surface area contributed by atoms with Crippen LogP contribution in [0.5, 0.6) is 0 Å². The second-order valence-corrected chi connectivity index (χ2v) is 4.29. The quantitative estimate of drug-likeness (QED) is 0.701. The standard InChI is InChI=1S/C12H23N3O2/c1-10(2)15-12(4-6-14-15)11(13)5-7-17-9-8-16-3/h4,6,10-11H,5,7-9,13H2,1-3H3. The Hall–Kier alpha value is -0.910. The van der Waals surface area contributed by atoms with E-state index in [1.807, 2.05) is 10.7 Å². The van der Waals surface area contributed by atoms with Gasteiger partial charge in [-0.15, -0.1) is 0 Å². The lowest BCUT2D eigenvalue weighted by atomic mass is 10.1. The SMILES string of the molecule is COCCOCCC(N)c1ccnn1C(C)C. The Bertz CT molecular complexity index is 312. The number of methoxy groups -OCH3 is 1. The summed E-state index contributed by atoms with van der Waals surface area (Å²) in [4.78, 5) is 0. The Kier molecular flexibility index (Phi) is 6.18. The molecule has 1 unspecified atom stereocenters. The van der Waals surface area contributed by atoms with Crippen molar-refractivity contribution in [3.05, 3.63) is 18.0 Å². The molecule has 0 aliphatic rings. The van der Waals surface area contributed by atoms with Gasteiger partial charge < -0.3 is 15.2 Å². The molecule has 2 N–H and O–H groups in total. The first kappa shape index (κ1) is 14.2. The van der Waals surface area contributed by atoms with Gasteiger partial charge in [0, 0.05) is 32.0 Å². The van der Waals surface area contributed by atoms with Crippen molar-refractivity contribution in [2.45, 2.75) is 32.4 Å². The van der Waals surface area contributed by atoms with Crippen molar-refractivity contribution in [1.82, 2.24) is 9.78 Å². The predicted octanol–water partition coefficient (Wildman–Crippen LogP) is 1.52. The molecular weight excluding hydrogens is 218 g/mol. The fourth-order valence-electron chi connectivity index (χ4n) is 1.65. The minimum atomic E-state index is -0.0255. The van der Waals surface area contributed by atoms with E-state index in [0.717, 1.165) is 12.1 Å². The molecular formula is C12H23N3O2. The van der Waals surface area contributed by atoms with E-state index in [0.29, 0.717) is 25.9 Å². The second kappa shape index (κ2) is 7.42. The number of aromatic nitrogens is 2. The zero-order valence-electron chi connectivity index (χ0n) is 10.9. The van der Waals surface area contributed by atoms with Crippen LogP contribution in [0.1, 0.15) is 38.0 Å². The van der Waals surface area contributed by atoms with Crippen LogP contribution >= 0.6 is 0 Å². The normalized spacial score (nSPS) is 13.2. The van der Waals surface area contributed by atoms with Crippen LogP contribution in [-0.4, -0.2) is 36.7 Å². The van der Waals surface area contributed by atoms with Crippen molar-refractivity contribution in [2.24, 2.45) is 5.73 Å². The number of nitrogens with zero attached hydrogens (tertiary/aromatic N) is 2. The van der Waals surface area contributed by atoms with Gasteiger partial charge in [0.15, 0.2) is 0 Å². The van der Waals surface area contributed by atoms with E-state index in [2.05, 4.69) is 18.9 Å². The van der Waals surface area contributed by atoms with Crippen LogP contribution in [0.4, 0.5) is 0 Å². The minimum Gasteiger partial charge on any atom is -0.382 e. The third-order valence-electron chi connectivity index (χ3n) is 2.57. The number of hydrogen-bond donors (Lipinski definition) is 1. The van der Waals surface area contributed by atoms with Crippen molar-refractivity contribution in [2.75, 3.05) is 26.9 Å². The van der Waals surface area contributed by atoms with Gasteiger partial charge in [-0.05, 0) is 26.3 Å². The predicted molar refractivity (Wildman–Crippen MR) is 66.9 cm³/mol. The second-order valence-electron chi connectivity index (χ2n) is 4.29. The molecule has 0 aromatic carbocycles. The summed E-state index contributed by atoms with van der Waals surface area (Å²) in [6.45, 7) is 6.08. The molecule has 1 atom stereocenters. The van der Waals surface area contributed by atoms with Crippen LogP contribution in [0.25, 0.3) is 0 Å². The summed E-state index contributed by atoms with van der Waals surface area (Å²) in [5, 5.41) is 4.27. The Balaban J connectivity index is 2.36. The lowest BCUT2D eigenvalue weighted by Crippen LogP contribution is -2.19. The highest BCUT2D eigenvalue weighted by atomic mass is 16.5. The summed E-state index contributed by atoms with van der Waals surface area (Å²) in [7, 11) is 1.66. The third kappa shape index (κ3) is 4.46. The molecule has 1 rings (SSSR count). The summed E-state index contributed by atoms with van der Waals surface area (Å²) in [6, 6.07) is 2.28. The monoisotopic (exact) mass is 241 g/mol. The van der Waals surface area contributed by atoms with Gasteiger partial charge in [-0.2, -0.15) is 5.10 Å². The van der Waals surface area contributed by atoms with Gasteiger partial charge in [-0.1, -0.05) is 0 Å². The topological polar surface area (TPSA) is 62.3 Å². The van der Waals surface area contributed by atoms with Crippen LogP contribution in [0.15, 0.2) is 12.3 Å². The lowest BCUT2D eigenvalue weighted by molar-refractivity contribution is 0.0669. The molecule has 0 saturated heterocycles. The minimum absolute atomic E-state index is 0.0255. The highest BCUT2D eigenvalue weighted by Gasteiger charge is 2.13. The van der Waals surface area contributed by atoms with Gasteiger partial charge in [-0.25, -0.2) is 0 Å². The average molecular weight is 241 g/mol. The molecule has 0 aliphatic heterocycles. The highest BCUT2D eigenvalue weighted by molar-refractivity contribution is 5.06. The lowest BCUT2D eigenvalue weighted by Gasteiger charge is -2.16. The Morgan fingerprint density at radius 3 is 2.76 bits per heavy atom. The van der Waals surface area contributed by atoms with Crippen molar-refractivity contribution in [3.8, 4) is 0 Å². The van der Waals surface area contributed by atoms with E-state index in [1.165, 1.54) is 0 Å². The molecule has 1 heterocycles.